The number of aromatic nitrogens is 2. The number of amides is 1. The van der Waals surface area contributed by atoms with E-state index in [-0.39, 0.29) is 17.7 Å². The summed E-state index contributed by atoms with van der Waals surface area (Å²) in [5.74, 6) is 1.01. The molecular formula is C26H34ClN5O3. The van der Waals surface area contributed by atoms with Gasteiger partial charge in [0.05, 0.1) is 17.7 Å². The van der Waals surface area contributed by atoms with E-state index in [4.69, 9.17) is 16.3 Å². The van der Waals surface area contributed by atoms with E-state index in [2.05, 4.69) is 27.1 Å². The molecule has 0 radical (unpaired) electrons. The first-order valence-electron chi connectivity index (χ1n) is 12.6. The van der Waals surface area contributed by atoms with Crippen LogP contribution < -0.4 is 10.2 Å². The first-order chi connectivity index (χ1) is 17.0. The lowest BCUT2D eigenvalue weighted by atomic mass is 9.96. The normalized spacial score (nSPS) is 23.9. The van der Waals surface area contributed by atoms with Crippen LogP contribution in [0.1, 0.15) is 60.9 Å². The van der Waals surface area contributed by atoms with E-state index in [0.29, 0.717) is 50.2 Å². The van der Waals surface area contributed by atoms with Crippen LogP contribution >= 0.6 is 11.6 Å². The maximum atomic E-state index is 13.7. The summed E-state index contributed by atoms with van der Waals surface area (Å²) in [5.41, 5.74) is 2.79. The van der Waals surface area contributed by atoms with Crippen LogP contribution in [0.3, 0.4) is 0 Å². The number of carbonyl (C=O) groups excluding carboxylic acids is 1. The van der Waals surface area contributed by atoms with Crippen molar-refractivity contribution in [3.05, 3.63) is 52.4 Å². The number of hydrogen-bond acceptors (Lipinski definition) is 7. The van der Waals surface area contributed by atoms with Crippen LogP contribution in [0.25, 0.3) is 0 Å². The summed E-state index contributed by atoms with van der Waals surface area (Å²) < 4.78 is 5.48. The maximum Gasteiger partial charge on any atom is 0.231 e. The highest BCUT2D eigenvalue weighted by Crippen LogP contribution is 2.42. The Morgan fingerprint density at radius 2 is 1.89 bits per heavy atom. The molecule has 35 heavy (non-hydrogen) atoms. The first-order valence-corrected chi connectivity index (χ1v) is 13.0. The lowest BCUT2D eigenvalue weighted by molar-refractivity contribution is -0.133. The minimum Gasteiger partial charge on any atom is -0.387 e. The zero-order chi connectivity index (χ0) is 24.4. The number of halogens is 1. The standard InChI is InChI=1S/C26H34ClN5O3/c1-17-14-22(33)24-23(17)25(30-16-29-24)31-8-10-32(11-9-31)26(34)21(18-2-4-19(27)5-3-18)15-28-20-6-12-35-13-7-20/h2-5,16-17,20-22,28,33H,6-15H2,1H3/t17?,21-,22+/m1/s1. The fourth-order valence-corrected chi connectivity index (χ4v) is 5.67. The van der Waals surface area contributed by atoms with Crippen molar-refractivity contribution in [3.8, 4) is 0 Å². The third kappa shape index (κ3) is 5.31. The summed E-state index contributed by atoms with van der Waals surface area (Å²) in [6, 6.07) is 8.01. The third-order valence-corrected chi connectivity index (χ3v) is 7.82. The molecule has 2 aliphatic heterocycles. The van der Waals surface area contributed by atoms with Gasteiger partial charge in [-0.05, 0) is 42.9 Å². The van der Waals surface area contributed by atoms with E-state index in [1.165, 1.54) is 0 Å². The summed E-state index contributed by atoms with van der Waals surface area (Å²) in [5, 5.41) is 14.6. The topological polar surface area (TPSA) is 90.8 Å². The number of fused-ring (bicyclic) bond motifs is 1. The number of benzene rings is 1. The zero-order valence-electron chi connectivity index (χ0n) is 20.2. The average molecular weight is 500 g/mol. The highest BCUT2D eigenvalue weighted by atomic mass is 35.5. The number of aliphatic hydroxyl groups excluding tert-OH is 1. The molecule has 1 aromatic heterocycles. The molecule has 2 N–H and O–H groups in total. The molecule has 1 unspecified atom stereocenters. The monoisotopic (exact) mass is 499 g/mol. The molecule has 188 valence electrons. The van der Waals surface area contributed by atoms with Crippen LogP contribution in [-0.2, 0) is 9.53 Å². The van der Waals surface area contributed by atoms with Gasteiger partial charge in [0.25, 0.3) is 0 Å². The van der Waals surface area contributed by atoms with E-state index in [1.54, 1.807) is 6.33 Å². The van der Waals surface area contributed by atoms with Gasteiger partial charge in [-0.3, -0.25) is 4.79 Å². The third-order valence-electron chi connectivity index (χ3n) is 7.57. The van der Waals surface area contributed by atoms with Crippen molar-refractivity contribution in [1.82, 2.24) is 20.2 Å². The molecule has 1 aromatic carbocycles. The second-order valence-corrected chi connectivity index (χ2v) is 10.3. The average Bonchev–Trinajstić information content (AvgIpc) is 3.19. The molecule has 5 rings (SSSR count). The Balaban J connectivity index is 1.27. The quantitative estimate of drug-likeness (QED) is 0.631. The van der Waals surface area contributed by atoms with Crippen LogP contribution in [0.4, 0.5) is 5.82 Å². The van der Waals surface area contributed by atoms with Crippen molar-refractivity contribution < 1.29 is 14.6 Å². The minimum atomic E-state index is -0.520. The molecule has 2 aromatic rings. The molecule has 1 aliphatic carbocycles. The highest BCUT2D eigenvalue weighted by molar-refractivity contribution is 6.30. The SMILES string of the molecule is CC1C[C@H](O)c2ncnc(N3CCN(C(=O)[C@H](CNC4CCOCC4)c4ccc(Cl)cc4)CC3)c21. The van der Waals surface area contributed by atoms with Crippen LogP contribution in [0.2, 0.25) is 5.02 Å². The molecule has 1 amide bonds. The van der Waals surface area contributed by atoms with Gasteiger partial charge >= 0.3 is 0 Å². The maximum absolute atomic E-state index is 13.7. The molecule has 2 saturated heterocycles. The number of piperazine rings is 1. The van der Waals surface area contributed by atoms with E-state index < -0.39 is 6.10 Å². The number of rotatable bonds is 6. The highest BCUT2D eigenvalue weighted by Gasteiger charge is 2.35. The van der Waals surface area contributed by atoms with Gasteiger partial charge in [0.1, 0.15) is 12.1 Å². The van der Waals surface area contributed by atoms with E-state index in [1.807, 2.05) is 29.2 Å². The Morgan fingerprint density at radius 3 is 2.60 bits per heavy atom. The van der Waals surface area contributed by atoms with E-state index in [9.17, 15) is 9.90 Å². The van der Waals surface area contributed by atoms with Crippen molar-refractivity contribution in [1.29, 1.82) is 0 Å². The Hall–Kier alpha value is -2.26. The summed E-state index contributed by atoms with van der Waals surface area (Å²) in [6.45, 7) is 6.93. The smallest absolute Gasteiger partial charge is 0.231 e. The second kappa shape index (κ2) is 10.8. The fourth-order valence-electron chi connectivity index (χ4n) is 5.54. The minimum absolute atomic E-state index is 0.142. The van der Waals surface area contributed by atoms with E-state index in [0.717, 1.165) is 48.7 Å². The van der Waals surface area contributed by atoms with E-state index >= 15 is 0 Å². The predicted octanol–water partition coefficient (Wildman–Crippen LogP) is 2.87. The van der Waals surface area contributed by atoms with Gasteiger partial charge in [0.15, 0.2) is 0 Å². The Morgan fingerprint density at radius 1 is 1.17 bits per heavy atom. The largest absolute Gasteiger partial charge is 0.387 e. The van der Waals surface area contributed by atoms with Crippen molar-refractivity contribution in [2.75, 3.05) is 50.8 Å². The number of anilines is 1. The van der Waals surface area contributed by atoms with Gasteiger partial charge in [-0.15, -0.1) is 0 Å². The fraction of sp³-hybridized carbons (Fsp3) is 0.577. The number of carbonyl (C=O) groups is 1. The predicted molar refractivity (Wildman–Crippen MR) is 135 cm³/mol. The molecule has 0 spiro atoms. The van der Waals surface area contributed by atoms with Gasteiger partial charge in [0, 0.05) is 62.6 Å². The molecule has 3 heterocycles. The van der Waals surface area contributed by atoms with Gasteiger partial charge in [-0.2, -0.15) is 0 Å². The lowest BCUT2D eigenvalue weighted by Crippen LogP contribution is -2.51. The molecule has 3 aliphatic rings. The number of hydrogen-bond donors (Lipinski definition) is 2. The second-order valence-electron chi connectivity index (χ2n) is 9.86. The van der Waals surface area contributed by atoms with Gasteiger partial charge in [-0.25, -0.2) is 9.97 Å². The molecular weight excluding hydrogens is 466 g/mol. The lowest BCUT2D eigenvalue weighted by Gasteiger charge is -2.38. The van der Waals surface area contributed by atoms with Gasteiger partial charge in [0.2, 0.25) is 5.91 Å². The van der Waals surface area contributed by atoms with Crippen molar-refractivity contribution in [2.45, 2.75) is 50.2 Å². The Labute approximate surface area is 211 Å². The molecule has 2 fully saturated rings. The summed E-state index contributed by atoms with van der Waals surface area (Å²) >= 11 is 6.12. The molecule has 0 bridgehead atoms. The number of nitrogens with one attached hydrogen (secondary N) is 1. The number of ether oxygens (including phenoxy) is 1. The summed E-state index contributed by atoms with van der Waals surface area (Å²) in [6.07, 6.45) is 3.65. The van der Waals surface area contributed by atoms with Crippen molar-refractivity contribution in [2.24, 2.45) is 0 Å². The van der Waals surface area contributed by atoms with Gasteiger partial charge in [-0.1, -0.05) is 30.7 Å². The molecule has 0 saturated carbocycles. The number of aliphatic hydroxyl groups is 1. The Kier molecular flexibility index (Phi) is 7.53. The summed E-state index contributed by atoms with van der Waals surface area (Å²) in [7, 11) is 0. The first kappa shape index (κ1) is 24.4. The summed E-state index contributed by atoms with van der Waals surface area (Å²) in [4.78, 5) is 26.8. The Bertz CT molecular complexity index is 1020. The molecule has 3 atom stereocenters. The van der Waals surface area contributed by atoms with Crippen molar-refractivity contribution in [3.63, 3.8) is 0 Å². The molecule has 9 heteroatoms. The van der Waals surface area contributed by atoms with Crippen LogP contribution in [0.5, 0.6) is 0 Å². The van der Waals surface area contributed by atoms with Crippen molar-refractivity contribution >= 4 is 23.3 Å². The van der Waals surface area contributed by atoms with Crippen LogP contribution in [-0.4, -0.2) is 77.9 Å². The van der Waals surface area contributed by atoms with Gasteiger partial charge < -0.3 is 25.0 Å². The molecule has 8 nitrogen and oxygen atoms in total. The zero-order valence-corrected chi connectivity index (χ0v) is 21.0. The van der Waals surface area contributed by atoms with Crippen LogP contribution in [0, 0.1) is 0 Å². The van der Waals surface area contributed by atoms with Crippen LogP contribution in [0.15, 0.2) is 30.6 Å². The number of nitrogens with zero attached hydrogens (tertiary/aromatic N) is 4.